The summed E-state index contributed by atoms with van der Waals surface area (Å²) < 4.78 is 0.940. The first-order chi connectivity index (χ1) is 8.56. The summed E-state index contributed by atoms with van der Waals surface area (Å²) in [6.45, 7) is 3.87. The lowest BCUT2D eigenvalue weighted by atomic mass is 10.2. The Hall–Kier alpha value is -1.07. The summed E-state index contributed by atoms with van der Waals surface area (Å²) >= 11 is 4.79. The smallest absolute Gasteiger partial charge is 0.174 e. The topological polar surface area (TPSA) is 45.8 Å². The summed E-state index contributed by atoms with van der Waals surface area (Å²) in [6, 6.07) is 5.72. The van der Waals surface area contributed by atoms with E-state index in [0.29, 0.717) is 5.75 Å². The van der Waals surface area contributed by atoms with Gasteiger partial charge in [0.25, 0.3) is 0 Å². The Balaban J connectivity index is 2.00. The molecule has 1 N–H and O–H groups in total. The highest BCUT2D eigenvalue weighted by atomic mass is 79.9. The van der Waals surface area contributed by atoms with Gasteiger partial charge in [0.1, 0.15) is 0 Å². The fraction of sp³-hybridized carbons (Fsp3) is 0.231. The van der Waals surface area contributed by atoms with Crippen molar-refractivity contribution in [1.82, 2.24) is 9.97 Å². The van der Waals surface area contributed by atoms with Crippen LogP contribution in [-0.4, -0.2) is 21.5 Å². The number of nitrogens with one attached hydrogen (secondary N) is 1. The molecule has 0 amide bonds. The second-order valence-corrected chi connectivity index (χ2v) is 5.93. The molecule has 94 valence electrons. The zero-order valence-corrected chi connectivity index (χ0v) is 12.6. The van der Waals surface area contributed by atoms with E-state index in [1.165, 1.54) is 11.8 Å². The Labute approximate surface area is 119 Å². The lowest BCUT2D eigenvalue weighted by molar-refractivity contribution is 0.102. The van der Waals surface area contributed by atoms with Crippen LogP contribution in [0.4, 0.5) is 0 Å². The summed E-state index contributed by atoms with van der Waals surface area (Å²) in [5, 5.41) is 0.858. The van der Waals surface area contributed by atoms with Gasteiger partial charge in [0.05, 0.1) is 10.8 Å². The van der Waals surface area contributed by atoms with Crippen molar-refractivity contribution in [2.24, 2.45) is 0 Å². The number of nitrogens with zero attached hydrogens (tertiary/aromatic N) is 1. The van der Waals surface area contributed by atoms with Gasteiger partial charge in [0.2, 0.25) is 0 Å². The van der Waals surface area contributed by atoms with Gasteiger partial charge < -0.3 is 4.98 Å². The van der Waals surface area contributed by atoms with Crippen LogP contribution in [0.5, 0.6) is 0 Å². The quantitative estimate of drug-likeness (QED) is 0.688. The Morgan fingerprint density at radius 1 is 1.44 bits per heavy atom. The van der Waals surface area contributed by atoms with Crippen LogP contribution in [0, 0.1) is 13.8 Å². The van der Waals surface area contributed by atoms with E-state index < -0.39 is 0 Å². The third-order valence-corrected chi connectivity index (χ3v) is 3.91. The number of ketones is 1. The number of carbonyl (C=O) groups excluding carboxylic acids is 1. The van der Waals surface area contributed by atoms with E-state index in [1.54, 1.807) is 6.20 Å². The van der Waals surface area contributed by atoms with Gasteiger partial charge in [-0.2, -0.15) is 0 Å². The van der Waals surface area contributed by atoms with E-state index in [1.807, 2.05) is 32.0 Å². The first-order valence-electron chi connectivity index (χ1n) is 5.50. The Morgan fingerprint density at radius 2 is 2.22 bits per heavy atom. The Morgan fingerprint density at radius 3 is 2.78 bits per heavy atom. The average molecular weight is 325 g/mol. The largest absolute Gasteiger partial charge is 0.362 e. The molecule has 0 spiro atoms. The highest BCUT2D eigenvalue weighted by molar-refractivity contribution is 9.10. The second-order valence-electron chi connectivity index (χ2n) is 4.02. The number of H-pyrrole nitrogens is 1. The van der Waals surface area contributed by atoms with Gasteiger partial charge in [-0.25, -0.2) is 4.98 Å². The SMILES string of the molecule is Cc1cc(C(=O)CSc2ccc(Br)cn2)c(C)[nH]1. The number of aryl methyl sites for hydroxylation is 2. The Bertz CT molecular complexity index is 563. The highest BCUT2D eigenvalue weighted by Crippen LogP contribution is 2.20. The standard InChI is InChI=1S/C13H13BrN2OS/c1-8-5-11(9(2)16-8)12(17)7-18-13-4-3-10(14)6-15-13/h3-6,16H,7H2,1-2H3. The number of hydrogen-bond donors (Lipinski definition) is 1. The third-order valence-electron chi connectivity index (χ3n) is 2.50. The average Bonchev–Trinajstić information content (AvgIpc) is 2.67. The van der Waals surface area contributed by atoms with Gasteiger partial charge in [-0.1, -0.05) is 11.8 Å². The van der Waals surface area contributed by atoms with Crippen LogP contribution in [0.2, 0.25) is 0 Å². The fourth-order valence-electron chi connectivity index (χ4n) is 1.68. The number of halogens is 1. The zero-order chi connectivity index (χ0) is 13.1. The maximum atomic E-state index is 12.0. The van der Waals surface area contributed by atoms with E-state index >= 15 is 0 Å². The molecule has 0 aliphatic heterocycles. The van der Waals surface area contributed by atoms with Crippen molar-refractivity contribution in [2.45, 2.75) is 18.9 Å². The Kier molecular flexibility index (Phi) is 4.24. The van der Waals surface area contributed by atoms with Crippen LogP contribution in [0.15, 0.2) is 33.9 Å². The molecule has 0 aliphatic rings. The van der Waals surface area contributed by atoms with Crippen molar-refractivity contribution in [3.63, 3.8) is 0 Å². The number of aromatic amines is 1. The normalized spacial score (nSPS) is 10.6. The zero-order valence-electron chi connectivity index (χ0n) is 10.2. The molecule has 0 radical (unpaired) electrons. The first kappa shape index (κ1) is 13.4. The van der Waals surface area contributed by atoms with E-state index in [9.17, 15) is 4.79 Å². The van der Waals surface area contributed by atoms with Gasteiger partial charge in [-0.3, -0.25) is 4.79 Å². The van der Waals surface area contributed by atoms with Gasteiger partial charge in [0.15, 0.2) is 5.78 Å². The number of carbonyl (C=O) groups is 1. The van der Waals surface area contributed by atoms with Crippen LogP contribution in [0.1, 0.15) is 21.7 Å². The highest BCUT2D eigenvalue weighted by Gasteiger charge is 2.12. The van der Waals surface area contributed by atoms with Crippen LogP contribution in [0.25, 0.3) is 0 Å². The maximum Gasteiger partial charge on any atom is 0.174 e. The molecule has 18 heavy (non-hydrogen) atoms. The molecule has 2 aromatic rings. The molecule has 3 nitrogen and oxygen atoms in total. The predicted molar refractivity (Wildman–Crippen MR) is 77.3 cm³/mol. The van der Waals surface area contributed by atoms with Crippen molar-refractivity contribution < 1.29 is 4.79 Å². The number of thioether (sulfide) groups is 1. The fourth-order valence-corrected chi connectivity index (χ4v) is 2.64. The monoisotopic (exact) mass is 324 g/mol. The molecule has 0 atom stereocenters. The molecule has 0 aliphatic carbocycles. The molecule has 0 saturated carbocycles. The minimum Gasteiger partial charge on any atom is -0.362 e. The van der Waals surface area contributed by atoms with Crippen molar-refractivity contribution in [3.05, 3.63) is 45.8 Å². The molecule has 0 aromatic carbocycles. The lowest BCUT2D eigenvalue weighted by Crippen LogP contribution is -2.03. The second kappa shape index (κ2) is 5.71. The van der Waals surface area contributed by atoms with E-state index in [2.05, 4.69) is 25.9 Å². The first-order valence-corrected chi connectivity index (χ1v) is 7.28. The molecular formula is C13H13BrN2OS. The minimum atomic E-state index is 0.131. The maximum absolute atomic E-state index is 12.0. The number of pyridine rings is 1. The summed E-state index contributed by atoms with van der Waals surface area (Å²) in [5.41, 5.74) is 2.72. The summed E-state index contributed by atoms with van der Waals surface area (Å²) in [6.07, 6.45) is 1.73. The summed E-state index contributed by atoms with van der Waals surface area (Å²) in [4.78, 5) is 19.4. The lowest BCUT2D eigenvalue weighted by Gasteiger charge is -2.00. The van der Waals surface area contributed by atoms with Gasteiger partial charge >= 0.3 is 0 Å². The van der Waals surface area contributed by atoms with Crippen LogP contribution in [0.3, 0.4) is 0 Å². The van der Waals surface area contributed by atoms with Crippen molar-refractivity contribution in [2.75, 3.05) is 5.75 Å². The van der Waals surface area contributed by atoms with Crippen molar-refractivity contribution in [1.29, 1.82) is 0 Å². The molecule has 0 unspecified atom stereocenters. The summed E-state index contributed by atoms with van der Waals surface area (Å²) in [5.74, 6) is 0.541. The molecular weight excluding hydrogens is 312 g/mol. The number of Topliss-reactive ketones (excluding diaryl/α,β-unsaturated/α-hetero) is 1. The molecule has 2 aromatic heterocycles. The summed E-state index contributed by atoms with van der Waals surface area (Å²) in [7, 11) is 0. The van der Waals surface area contributed by atoms with Crippen LogP contribution in [-0.2, 0) is 0 Å². The van der Waals surface area contributed by atoms with Crippen LogP contribution < -0.4 is 0 Å². The van der Waals surface area contributed by atoms with E-state index in [-0.39, 0.29) is 5.78 Å². The molecule has 0 saturated heterocycles. The molecule has 0 fully saturated rings. The molecule has 0 bridgehead atoms. The van der Waals surface area contributed by atoms with E-state index in [0.717, 1.165) is 26.4 Å². The third kappa shape index (κ3) is 3.23. The van der Waals surface area contributed by atoms with Gasteiger partial charge in [0, 0.05) is 27.6 Å². The number of rotatable bonds is 4. The van der Waals surface area contributed by atoms with Gasteiger partial charge in [-0.15, -0.1) is 0 Å². The molecule has 2 heterocycles. The molecule has 2 rings (SSSR count). The van der Waals surface area contributed by atoms with Crippen molar-refractivity contribution in [3.8, 4) is 0 Å². The number of hydrogen-bond acceptors (Lipinski definition) is 3. The minimum absolute atomic E-state index is 0.131. The van der Waals surface area contributed by atoms with Crippen LogP contribution >= 0.6 is 27.7 Å². The van der Waals surface area contributed by atoms with Gasteiger partial charge in [-0.05, 0) is 48.0 Å². The predicted octanol–water partition coefficient (Wildman–Crippen LogP) is 3.76. The number of aromatic nitrogens is 2. The van der Waals surface area contributed by atoms with E-state index in [4.69, 9.17) is 0 Å². The van der Waals surface area contributed by atoms with Crippen molar-refractivity contribution >= 4 is 33.5 Å². The molecule has 5 heteroatoms.